The van der Waals surface area contributed by atoms with Gasteiger partial charge in [-0.15, -0.1) is 0 Å². The summed E-state index contributed by atoms with van der Waals surface area (Å²) in [5.41, 5.74) is 0.814. The molecular weight excluding hydrogens is 332 g/mol. The minimum absolute atomic E-state index is 0.328. The van der Waals surface area contributed by atoms with Crippen molar-refractivity contribution in [1.82, 2.24) is 0 Å². The number of halogens is 1. The predicted octanol–water partition coefficient (Wildman–Crippen LogP) is -3.01. The van der Waals surface area contributed by atoms with Gasteiger partial charge >= 0.3 is 101 Å². The van der Waals surface area contributed by atoms with Crippen LogP contribution in [0.4, 0.5) is 0 Å². The fourth-order valence-electron chi connectivity index (χ4n) is 0.910. The van der Waals surface area contributed by atoms with Gasteiger partial charge in [-0.25, -0.2) is 0 Å². The minimum atomic E-state index is -1.52. The number of nitriles is 1. The van der Waals surface area contributed by atoms with Crippen LogP contribution in [0.3, 0.4) is 0 Å². The quantitative estimate of drug-likeness (QED) is 0.238. The van der Waals surface area contributed by atoms with E-state index in [1.807, 2.05) is 6.07 Å². The van der Waals surface area contributed by atoms with Gasteiger partial charge in [0.15, 0.2) is 0 Å². The van der Waals surface area contributed by atoms with E-state index in [1.54, 1.807) is 12.1 Å². The van der Waals surface area contributed by atoms with E-state index in [0.29, 0.717) is 11.0 Å². The summed E-state index contributed by atoms with van der Waals surface area (Å²) >= 11 is 3.71. The first-order chi connectivity index (χ1) is 6.67. The normalized spacial score (nSPS) is 9.86. The molecule has 0 unspecified atom stereocenters. The van der Waals surface area contributed by atoms with Crippen molar-refractivity contribution < 1.29 is 29.9 Å². The van der Waals surface area contributed by atoms with Gasteiger partial charge in [0.2, 0.25) is 0 Å². The van der Waals surface area contributed by atoms with E-state index in [9.17, 15) is 0 Å². The summed E-state index contributed by atoms with van der Waals surface area (Å²) in [5.74, 6) is 0. The molecule has 0 aromatic heterocycles. The van der Waals surface area contributed by atoms with E-state index >= 15 is 0 Å². The maximum absolute atomic E-state index is 8.97. The molecule has 0 saturated heterocycles. The molecule has 0 spiro atoms. The van der Waals surface area contributed by atoms with Crippen LogP contribution in [-0.4, -0.2) is 17.2 Å². The number of nitrogens with zero attached hydrogens (tertiary/aromatic N) is 1. The van der Waals surface area contributed by atoms with Gasteiger partial charge in [-0.2, -0.15) is 0 Å². The molecule has 14 heavy (non-hydrogen) atoms. The van der Waals surface area contributed by atoms with Gasteiger partial charge in [-0.05, 0) is 0 Å². The van der Waals surface area contributed by atoms with E-state index < -0.39 is 7.12 Å². The molecule has 0 bridgehead atoms. The Balaban J connectivity index is 3.08. The standard InChI is InChI=1S/C7H6BINO2S2/c10-4-5-1-6(8(11)12)3-7(2-5)9-14-13/h1-3,11-13H/q-1. The van der Waals surface area contributed by atoms with Crippen molar-refractivity contribution in [3.8, 4) is 6.07 Å². The summed E-state index contributed by atoms with van der Waals surface area (Å²) in [6, 6.07) is 6.90. The summed E-state index contributed by atoms with van der Waals surface area (Å²) in [4.78, 5) is 0. The van der Waals surface area contributed by atoms with Crippen LogP contribution < -0.4 is 25.3 Å². The maximum atomic E-state index is 8.97. The number of rotatable bonds is 3. The van der Waals surface area contributed by atoms with Crippen LogP contribution in [0.5, 0.6) is 0 Å². The predicted molar refractivity (Wildman–Crippen MR) is 56.3 cm³/mol. The summed E-state index contributed by atoms with van der Waals surface area (Å²) in [7, 11) is -0.0915. The van der Waals surface area contributed by atoms with Crippen molar-refractivity contribution in [2.24, 2.45) is 0 Å². The molecule has 2 N–H and O–H groups in total. The number of benzene rings is 1. The van der Waals surface area contributed by atoms with Crippen molar-refractivity contribution in [2.45, 2.75) is 0 Å². The molecule has 0 radical (unpaired) electrons. The monoisotopic (exact) mass is 338 g/mol. The van der Waals surface area contributed by atoms with Crippen molar-refractivity contribution in [1.29, 1.82) is 5.26 Å². The molecule has 0 aliphatic carbocycles. The Bertz CT molecular complexity index is 369. The fraction of sp³-hybridized carbons (Fsp3) is 0. The van der Waals surface area contributed by atoms with Gasteiger partial charge < -0.3 is 0 Å². The van der Waals surface area contributed by atoms with Gasteiger partial charge in [0.05, 0.1) is 0 Å². The molecule has 0 atom stereocenters. The first kappa shape index (κ1) is 12.2. The van der Waals surface area contributed by atoms with Gasteiger partial charge in [0.1, 0.15) is 0 Å². The second-order valence-corrected chi connectivity index (χ2v) is 9.22. The topological polar surface area (TPSA) is 64.2 Å². The fourth-order valence-corrected chi connectivity index (χ4v) is 4.82. The molecule has 0 amide bonds. The molecule has 0 saturated carbocycles. The van der Waals surface area contributed by atoms with Crippen LogP contribution in [0.2, 0.25) is 0 Å². The third-order valence-corrected chi connectivity index (χ3v) is 5.85. The molecule has 3 nitrogen and oxygen atoms in total. The first-order valence-electron chi connectivity index (χ1n) is 3.54. The Morgan fingerprint density at radius 1 is 1.43 bits per heavy atom. The van der Waals surface area contributed by atoms with E-state index in [4.69, 9.17) is 15.3 Å². The third kappa shape index (κ3) is 3.36. The van der Waals surface area contributed by atoms with E-state index in [2.05, 4.69) is 11.7 Å². The molecule has 0 fully saturated rings. The Morgan fingerprint density at radius 3 is 2.64 bits per heavy atom. The van der Waals surface area contributed by atoms with Crippen LogP contribution in [0.25, 0.3) is 0 Å². The van der Waals surface area contributed by atoms with Crippen molar-refractivity contribution in [3.63, 3.8) is 0 Å². The molecule has 1 aromatic rings. The average molecular weight is 338 g/mol. The molecule has 0 aliphatic heterocycles. The number of hydrogen-bond donors (Lipinski definition) is 3. The van der Waals surface area contributed by atoms with Crippen LogP contribution in [0, 0.1) is 14.9 Å². The molecule has 74 valence electrons. The molecule has 0 aliphatic rings. The van der Waals surface area contributed by atoms with E-state index in [-0.39, 0.29) is 19.8 Å². The Hall–Kier alpha value is 0.125. The molecule has 1 rings (SSSR count). The van der Waals surface area contributed by atoms with Gasteiger partial charge in [0.25, 0.3) is 0 Å². The van der Waals surface area contributed by atoms with Crippen molar-refractivity contribution in [3.05, 3.63) is 27.3 Å². The Labute approximate surface area is 100 Å². The Morgan fingerprint density at radius 2 is 2.14 bits per heavy atom. The van der Waals surface area contributed by atoms with Crippen LogP contribution in [-0.2, 0) is 0 Å². The summed E-state index contributed by atoms with van der Waals surface area (Å²) in [6.07, 6.45) is 0. The zero-order valence-electron chi connectivity index (χ0n) is 6.88. The van der Waals surface area contributed by atoms with Crippen LogP contribution in [0.1, 0.15) is 5.56 Å². The third-order valence-electron chi connectivity index (χ3n) is 1.47. The van der Waals surface area contributed by atoms with Gasteiger partial charge in [0, 0.05) is 0 Å². The van der Waals surface area contributed by atoms with Gasteiger partial charge in [-0.3, -0.25) is 0 Å². The molecule has 0 heterocycles. The molecule has 7 heteroatoms. The number of hydrogen-bond acceptors (Lipinski definition) is 5. The zero-order valence-corrected chi connectivity index (χ0v) is 10.8. The molecule has 1 aromatic carbocycles. The van der Waals surface area contributed by atoms with Crippen molar-refractivity contribution >= 4 is 32.2 Å². The first-order valence-corrected chi connectivity index (χ1v) is 9.03. The van der Waals surface area contributed by atoms with Crippen LogP contribution in [0.15, 0.2) is 18.2 Å². The second-order valence-electron chi connectivity index (χ2n) is 2.40. The van der Waals surface area contributed by atoms with E-state index in [1.165, 1.54) is 14.0 Å². The second kappa shape index (κ2) is 5.87. The van der Waals surface area contributed by atoms with E-state index in [0.717, 1.165) is 3.57 Å². The average Bonchev–Trinajstić information content (AvgIpc) is 2.17. The zero-order chi connectivity index (χ0) is 10.6. The molecular formula is C7H6BINO2S2-. The summed E-state index contributed by atoms with van der Waals surface area (Å²) in [5, 5.41) is 26.6. The Kier molecular flexibility index (Phi) is 5.12. The SMILES string of the molecule is N#Cc1cc([I-]SS)cc(B(O)O)c1. The van der Waals surface area contributed by atoms with Crippen molar-refractivity contribution in [2.75, 3.05) is 0 Å². The summed E-state index contributed by atoms with van der Waals surface area (Å²) in [6.45, 7) is 0. The van der Waals surface area contributed by atoms with Gasteiger partial charge in [-0.1, -0.05) is 0 Å². The summed E-state index contributed by atoms with van der Waals surface area (Å²) < 4.78 is 0.964. The number of thiol groups is 1. The van der Waals surface area contributed by atoms with Crippen LogP contribution >= 0.6 is 19.6 Å².